The highest BCUT2D eigenvalue weighted by Gasteiger charge is 2.19. The Hall–Kier alpha value is -1.14. The maximum absolute atomic E-state index is 5.44. The van der Waals surface area contributed by atoms with Crippen LogP contribution in [0, 0.1) is 11.8 Å². The number of hydrogen-bond donors (Lipinski definition) is 1. The van der Waals surface area contributed by atoms with Crippen LogP contribution < -0.4 is 5.32 Å². The molecule has 0 aliphatic carbocycles. The zero-order valence-corrected chi connectivity index (χ0v) is 14.9. The molecule has 0 aromatic carbocycles. The topological polar surface area (TPSA) is 49.8 Å². The first-order valence-corrected chi connectivity index (χ1v) is 8.83. The quantitative estimate of drug-likeness (QED) is 0.645. The van der Waals surface area contributed by atoms with Crippen LogP contribution >= 0.6 is 11.3 Å². The van der Waals surface area contributed by atoms with Crippen molar-refractivity contribution in [3.05, 3.63) is 16.1 Å². The SMILES string of the molecule is CN=C(NCc1cnc(CC(C)C)s1)N(C)CC1CCOC1. The molecule has 6 heteroatoms. The van der Waals surface area contributed by atoms with Crippen molar-refractivity contribution < 1.29 is 4.74 Å². The number of nitrogens with one attached hydrogen (secondary N) is 1. The second-order valence-corrected chi connectivity index (χ2v) is 7.53. The molecule has 2 heterocycles. The van der Waals surface area contributed by atoms with E-state index in [0.29, 0.717) is 11.8 Å². The Balaban J connectivity index is 1.81. The van der Waals surface area contributed by atoms with E-state index in [1.807, 2.05) is 13.2 Å². The van der Waals surface area contributed by atoms with Gasteiger partial charge in [-0.1, -0.05) is 13.8 Å². The van der Waals surface area contributed by atoms with Crippen LogP contribution in [0.1, 0.15) is 30.2 Å². The minimum absolute atomic E-state index is 0.615. The lowest BCUT2D eigenvalue weighted by molar-refractivity contribution is 0.181. The van der Waals surface area contributed by atoms with E-state index in [-0.39, 0.29) is 0 Å². The zero-order chi connectivity index (χ0) is 15.9. The minimum atomic E-state index is 0.615. The molecule has 1 aliphatic rings. The number of aromatic nitrogens is 1. The fourth-order valence-electron chi connectivity index (χ4n) is 2.63. The van der Waals surface area contributed by atoms with E-state index in [2.05, 4.69) is 41.1 Å². The molecule has 5 nitrogen and oxygen atoms in total. The Bertz CT molecular complexity index is 480. The summed E-state index contributed by atoms with van der Waals surface area (Å²) < 4.78 is 5.44. The molecule has 0 saturated carbocycles. The number of ether oxygens (including phenoxy) is 1. The number of nitrogens with zero attached hydrogens (tertiary/aromatic N) is 3. The molecular weight excluding hydrogens is 296 g/mol. The maximum atomic E-state index is 5.44. The Kier molecular flexibility index (Phi) is 6.64. The number of thiazole rings is 1. The Labute approximate surface area is 137 Å². The molecule has 1 aliphatic heterocycles. The standard InChI is InChI=1S/C16H28N4OS/c1-12(2)7-15-18-8-14(22-15)9-19-16(17-3)20(4)10-13-5-6-21-11-13/h8,12-13H,5-7,9-11H2,1-4H3,(H,17,19). The maximum Gasteiger partial charge on any atom is 0.193 e. The summed E-state index contributed by atoms with van der Waals surface area (Å²) in [6.45, 7) is 7.99. The third-order valence-corrected chi connectivity index (χ3v) is 4.75. The molecule has 1 aromatic heterocycles. The molecule has 0 bridgehead atoms. The van der Waals surface area contributed by atoms with E-state index in [1.165, 1.54) is 9.88 Å². The van der Waals surface area contributed by atoms with Gasteiger partial charge >= 0.3 is 0 Å². The van der Waals surface area contributed by atoms with E-state index < -0.39 is 0 Å². The summed E-state index contributed by atoms with van der Waals surface area (Å²) in [6.07, 6.45) is 4.18. The van der Waals surface area contributed by atoms with Gasteiger partial charge in [-0.15, -0.1) is 11.3 Å². The van der Waals surface area contributed by atoms with Crippen LogP contribution in [-0.2, 0) is 17.7 Å². The lowest BCUT2D eigenvalue weighted by Gasteiger charge is -2.24. The van der Waals surface area contributed by atoms with E-state index in [4.69, 9.17) is 4.74 Å². The van der Waals surface area contributed by atoms with Crippen molar-refractivity contribution >= 4 is 17.3 Å². The Morgan fingerprint density at radius 3 is 3.05 bits per heavy atom. The first-order valence-electron chi connectivity index (χ1n) is 8.01. The zero-order valence-electron chi connectivity index (χ0n) is 14.1. The van der Waals surface area contributed by atoms with Crippen molar-refractivity contribution in [1.82, 2.24) is 15.2 Å². The molecule has 1 atom stereocenters. The van der Waals surface area contributed by atoms with Gasteiger partial charge in [0.2, 0.25) is 0 Å². The second-order valence-electron chi connectivity index (χ2n) is 6.33. The molecule has 1 fully saturated rings. The van der Waals surface area contributed by atoms with E-state index >= 15 is 0 Å². The molecule has 1 unspecified atom stereocenters. The van der Waals surface area contributed by atoms with Gasteiger partial charge in [0.05, 0.1) is 18.2 Å². The predicted molar refractivity (Wildman–Crippen MR) is 92.4 cm³/mol. The first-order chi connectivity index (χ1) is 10.6. The predicted octanol–water partition coefficient (Wildman–Crippen LogP) is 2.39. The van der Waals surface area contributed by atoms with Gasteiger partial charge in [-0.2, -0.15) is 0 Å². The van der Waals surface area contributed by atoms with Crippen LogP contribution in [0.2, 0.25) is 0 Å². The average molecular weight is 324 g/mol. The molecule has 0 radical (unpaired) electrons. The molecule has 124 valence electrons. The van der Waals surface area contributed by atoms with Crippen LogP contribution in [-0.4, -0.2) is 49.7 Å². The lowest BCUT2D eigenvalue weighted by Crippen LogP contribution is -2.41. The molecule has 22 heavy (non-hydrogen) atoms. The van der Waals surface area contributed by atoms with Crippen molar-refractivity contribution in [3.8, 4) is 0 Å². The summed E-state index contributed by atoms with van der Waals surface area (Å²) in [6, 6.07) is 0. The molecule has 1 aromatic rings. The van der Waals surface area contributed by atoms with E-state index in [1.54, 1.807) is 11.3 Å². The van der Waals surface area contributed by atoms with Gasteiger partial charge in [-0.05, 0) is 12.3 Å². The van der Waals surface area contributed by atoms with E-state index in [0.717, 1.165) is 45.1 Å². The fourth-order valence-corrected chi connectivity index (χ4v) is 3.70. The van der Waals surface area contributed by atoms with Gasteiger partial charge in [0.25, 0.3) is 0 Å². The van der Waals surface area contributed by atoms with Crippen molar-refractivity contribution in [2.24, 2.45) is 16.8 Å². The van der Waals surface area contributed by atoms with Gasteiger partial charge in [0.1, 0.15) is 0 Å². The molecule has 0 amide bonds. The molecule has 1 saturated heterocycles. The molecular formula is C16H28N4OS. The third kappa shape index (κ3) is 5.25. The molecule has 2 rings (SSSR count). The Morgan fingerprint density at radius 2 is 2.41 bits per heavy atom. The van der Waals surface area contributed by atoms with Crippen LogP contribution in [0.5, 0.6) is 0 Å². The lowest BCUT2D eigenvalue weighted by atomic mass is 10.1. The monoisotopic (exact) mass is 324 g/mol. The molecule has 0 spiro atoms. The summed E-state index contributed by atoms with van der Waals surface area (Å²) in [5, 5.41) is 4.65. The van der Waals surface area contributed by atoms with Gasteiger partial charge in [0, 0.05) is 50.7 Å². The van der Waals surface area contributed by atoms with Gasteiger partial charge in [0.15, 0.2) is 5.96 Å². The van der Waals surface area contributed by atoms with Crippen LogP contribution in [0.15, 0.2) is 11.2 Å². The van der Waals surface area contributed by atoms with Crippen molar-refractivity contribution in [3.63, 3.8) is 0 Å². The number of aliphatic imine (C=N–C) groups is 1. The van der Waals surface area contributed by atoms with Gasteiger partial charge in [-0.3, -0.25) is 4.99 Å². The fraction of sp³-hybridized carbons (Fsp3) is 0.750. The highest BCUT2D eigenvalue weighted by molar-refractivity contribution is 7.11. The Morgan fingerprint density at radius 1 is 1.59 bits per heavy atom. The smallest absolute Gasteiger partial charge is 0.193 e. The first kappa shape index (κ1) is 17.2. The highest BCUT2D eigenvalue weighted by Crippen LogP contribution is 2.17. The average Bonchev–Trinajstić information content (AvgIpc) is 3.11. The van der Waals surface area contributed by atoms with Crippen molar-refractivity contribution in [1.29, 1.82) is 0 Å². The van der Waals surface area contributed by atoms with Crippen molar-refractivity contribution in [2.45, 2.75) is 33.2 Å². The highest BCUT2D eigenvalue weighted by atomic mass is 32.1. The van der Waals surface area contributed by atoms with Crippen LogP contribution in [0.25, 0.3) is 0 Å². The summed E-state index contributed by atoms with van der Waals surface area (Å²) in [4.78, 5) is 12.3. The largest absolute Gasteiger partial charge is 0.381 e. The molecule has 1 N–H and O–H groups in total. The summed E-state index contributed by atoms with van der Waals surface area (Å²) in [5.41, 5.74) is 0. The van der Waals surface area contributed by atoms with Gasteiger partial charge < -0.3 is 15.0 Å². The summed E-state index contributed by atoms with van der Waals surface area (Å²) >= 11 is 1.79. The van der Waals surface area contributed by atoms with Crippen LogP contribution in [0.4, 0.5) is 0 Å². The number of hydrogen-bond acceptors (Lipinski definition) is 4. The number of guanidine groups is 1. The van der Waals surface area contributed by atoms with Crippen molar-refractivity contribution in [2.75, 3.05) is 33.9 Å². The summed E-state index contributed by atoms with van der Waals surface area (Å²) in [5.74, 6) is 2.20. The number of rotatable bonds is 6. The third-order valence-electron chi connectivity index (χ3n) is 3.73. The summed E-state index contributed by atoms with van der Waals surface area (Å²) in [7, 11) is 3.92. The van der Waals surface area contributed by atoms with Crippen LogP contribution in [0.3, 0.4) is 0 Å². The van der Waals surface area contributed by atoms with Gasteiger partial charge in [-0.25, -0.2) is 4.98 Å². The normalized spacial score (nSPS) is 19.0. The second kappa shape index (κ2) is 8.48. The minimum Gasteiger partial charge on any atom is -0.381 e. The van der Waals surface area contributed by atoms with E-state index in [9.17, 15) is 0 Å².